The molecule has 1 heterocycles. The third-order valence-corrected chi connectivity index (χ3v) is 7.12. The maximum absolute atomic E-state index is 12.4. The topological polar surface area (TPSA) is 69.0 Å². The Morgan fingerprint density at radius 3 is 2.69 bits per heavy atom. The standard InChI is InChI=1S/C23H26Br2N4O2S/c1-4-29-21(7-5-6-16-8-11-20(31-3)15(2)12-16)27-28-23(29)32-14-22(30)26-19-13-17(24)9-10-18(19)25/h8-13H,4-7,14H2,1-3H3,(H,26,30). The molecule has 0 radical (unpaired) electrons. The van der Waals surface area contributed by atoms with Gasteiger partial charge in [-0.3, -0.25) is 4.79 Å². The Morgan fingerprint density at radius 2 is 1.97 bits per heavy atom. The molecule has 9 heteroatoms. The first-order valence-corrected chi connectivity index (χ1v) is 12.9. The molecule has 0 aliphatic heterocycles. The minimum Gasteiger partial charge on any atom is -0.496 e. The van der Waals surface area contributed by atoms with Crippen LogP contribution in [0.1, 0.15) is 30.3 Å². The van der Waals surface area contributed by atoms with Crippen LogP contribution in [0, 0.1) is 6.92 Å². The number of benzene rings is 2. The lowest BCUT2D eigenvalue weighted by Gasteiger charge is -2.10. The van der Waals surface area contributed by atoms with Crippen LogP contribution in [0.25, 0.3) is 0 Å². The van der Waals surface area contributed by atoms with Crippen molar-refractivity contribution in [1.29, 1.82) is 0 Å². The highest BCUT2D eigenvalue weighted by molar-refractivity contribution is 9.11. The average Bonchev–Trinajstić information content (AvgIpc) is 3.16. The smallest absolute Gasteiger partial charge is 0.234 e. The largest absolute Gasteiger partial charge is 0.496 e. The maximum atomic E-state index is 12.4. The lowest BCUT2D eigenvalue weighted by atomic mass is 10.0. The van der Waals surface area contributed by atoms with Crippen molar-refractivity contribution in [3.05, 3.63) is 62.3 Å². The van der Waals surface area contributed by atoms with Gasteiger partial charge in [-0.25, -0.2) is 0 Å². The van der Waals surface area contributed by atoms with Crippen LogP contribution in [-0.2, 0) is 24.2 Å². The van der Waals surface area contributed by atoms with Crippen LogP contribution < -0.4 is 10.1 Å². The number of rotatable bonds is 10. The molecule has 0 bridgehead atoms. The molecular weight excluding hydrogens is 556 g/mol. The van der Waals surface area contributed by atoms with Crippen LogP contribution in [0.2, 0.25) is 0 Å². The van der Waals surface area contributed by atoms with Crippen molar-refractivity contribution in [3.8, 4) is 5.75 Å². The number of methoxy groups -OCH3 is 1. The number of nitrogens with one attached hydrogen (secondary N) is 1. The van der Waals surface area contributed by atoms with E-state index < -0.39 is 0 Å². The van der Waals surface area contributed by atoms with Crippen molar-refractivity contribution in [1.82, 2.24) is 14.8 Å². The van der Waals surface area contributed by atoms with Gasteiger partial charge in [0.05, 0.1) is 18.6 Å². The van der Waals surface area contributed by atoms with Crippen LogP contribution in [0.3, 0.4) is 0 Å². The second-order valence-corrected chi connectivity index (χ2v) is 9.97. The maximum Gasteiger partial charge on any atom is 0.234 e. The number of anilines is 1. The van der Waals surface area contributed by atoms with Crippen molar-refractivity contribution < 1.29 is 9.53 Å². The second kappa shape index (κ2) is 11.9. The van der Waals surface area contributed by atoms with Crippen LogP contribution >= 0.6 is 43.6 Å². The summed E-state index contributed by atoms with van der Waals surface area (Å²) in [6, 6.07) is 12.0. The predicted molar refractivity (Wildman–Crippen MR) is 137 cm³/mol. The lowest BCUT2D eigenvalue weighted by Crippen LogP contribution is -2.15. The predicted octanol–water partition coefficient (Wildman–Crippen LogP) is 6.05. The molecule has 170 valence electrons. The van der Waals surface area contributed by atoms with Gasteiger partial charge in [0.25, 0.3) is 0 Å². The molecule has 0 saturated carbocycles. The van der Waals surface area contributed by atoms with E-state index in [4.69, 9.17) is 4.74 Å². The summed E-state index contributed by atoms with van der Waals surface area (Å²) in [7, 11) is 1.69. The number of carbonyl (C=O) groups excluding carboxylic acids is 1. The Kier molecular flexibility index (Phi) is 9.19. The molecule has 1 aromatic heterocycles. The first kappa shape index (κ1) is 24.8. The Labute approximate surface area is 209 Å². The monoisotopic (exact) mass is 580 g/mol. The molecule has 0 spiro atoms. The Bertz CT molecular complexity index is 1090. The molecule has 6 nitrogen and oxygen atoms in total. The van der Waals surface area contributed by atoms with Crippen molar-refractivity contribution in [2.24, 2.45) is 0 Å². The number of ether oxygens (including phenoxy) is 1. The highest BCUT2D eigenvalue weighted by Gasteiger charge is 2.14. The van der Waals surface area contributed by atoms with Crippen LogP contribution in [-0.4, -0.2) is 33.5 Å². The average molecular weight is 582 g/mol. The van der Waals surface area contributed by atoms with Crippen molar-refractivity contribution in [2.75, 3.05) is 18.2 Å². The van der Waals surface area contributed by atoms with Crippen LogP contribution in [0.15, 0.2) is 50.5 Å². The Morgan fingerprint density at radius 1 is 1.16 bits per heavy atom. The van der Waals surface area contributed by atoms with Crippen molar-refractivity contribution >= 4 is 55.2 Å². The number of hydrogen-bond donors (Lipinski definition) is 1. The molecule has 0 saturated heterocycles. The van der Waals surface area contributed by atoms with E-state index >= 15 is 0 Å². The van der Waals surface area contributed by atoms with E-state index in [0.29, 0.717) is 0 Å². The minimum absolute atomic E-state index is 0.0871. The molecule has 2 aromatic carbocycles. The van der Waals surface area contributed by atoms with Gasteiger partial charge >= 0.3 is 0 Å². The number of amides is 1. The van der Waals surface area contributed by atoms with Gasteiger partial charge < -0.3 is 14.6 Å². The Balaban J connectivity index is 1.54. The van der Waals surface area contributed by atoms with Gasteiger partial charge in [-0.15, -0.1) is 10.2 Å². The molecule has 0 fully saturated rings. The molecule has 32 heavy (non-hydrogen) atoms. The van der Waals surface area contributed by atoms with Gasteiger partial charge in [0.1, 0.15) is 11.6 Å². The summed E-state index contributed by atoms with van der Waals surface area (Å²) in [4.78, 5) is 12.4. The molecule has 3 aromatic rings. The summed E-state index contributed by atoms with van der Waals surface area (Å²) in [6.07, 6.45) is 2.78. The third-order valence-electron chi connectivity index (χ3n) is 4.97. The van der Waals surface area contributed by atoms with E-state index in [1.54, 1.807) is 7.11 Å². The third kappa shape index (κ3) is 6.59. The number of halogens is 2. The summed E-state index contributed by atoms with van der Waals surface area (Å²) in [5, 5.41) is 12.4. The van der Waals surface area contributed by atoms with Gasteiger partial charge in [0.2, 0.25) is 5.91 Å². The van der Waals surface area contributed by atoms with Gasteiger partial charge in [0, 0.05) is 21.9 Å². The van der Waals surface area contributed by atoms with Crippen molar-refractivity contribution in [3.63, 3.8) is 0 Å². The number of nitrogens with zero attached hydrogens (tertiary/aromatic N) is 3. The molecular formula is C23H26Br2N4O2S. The second-order valence-electron chi connectivity index (χ2n) is 7.26. The zero-order valence-corrected chi connectivity index (χ0v) is 22.3. The molecule has 3 rings (SSSR count). The van der Waals surface area contributed by atoms with E-state index in [2.05, 4.69) is 77.9 Å². The summed E-state index contributed by atoms with van der Waals surface area (Å²) in [5.74, 6) is 2.05. The van der Waals surface area contributed by atoms with E-state index in [9.17, 15) is 4.79 Å². The highest BCUT2D eigenvalue weighted by atomic mass is 79.9. The number of aryl methyl sites for hydroxylation is 3. The molecule has 1 N–H and O–H groups in total. The SMILES string of the molecule is CCn1c(CCCc2ccc(OC)c(C)c2)nnc1SCC(=O)Nc1cc(Br)ccc1Br. The van der Waals surface area contributed by atoms with Gasteiger partial charge in [0.15, 0.2) is 5.16 Å². The zero-order chi connectivity index (χ0) is 23.1. The molecule has 0 aliphatic rings. The number of hydrogen-bond acceptors (Lipinski definition) is 5. The first-order chi connectivity index (χ1) is 15.4. The first-order valence-electron chi connectivity index (χ1n) is 10.3. The van der Waals surface area contributed by atoms with E-state index in [-0.39, 0.29) is 11.7 Å². The van der Waals surface area contributed by atoms with E-state index in [1.807, 2.05) is 24.3 Å². The van der Waals surface area contributed by atoms with Gasteiger partial charge in [-0.2, -0.15) is 0 Å². The zero-order valence-electron chi connectivity index (χ0n) is 18.3. The fourth-order valence-corrected chi connectivity index (χ4v) is 4.91. The van der Waals surface area contributed by atoms with E-state index in [0.717, 1.165) is 62.7 Å². The molecule has 0 unspecified atom stereocenters. The summed E-state index contributed by atoms with van der Waals surface area (Å²) in [5.41, 5.74) is 3.17. The quantitative estimate of drug-likeness (QED) is 0.295. The van der Waals surface area contributed by atoms with Crippen LogP contribution in [0.5, 0.6) is 5.75 Å². The van der Waals surface area contributed by atoms with Crippen LogP contribution in [0.4, 0.5) is 5.69 Å². The summed E-state index contributed by atoms with van der Waals surface area (Å²) in [6.45, 7) is 4.90. The summed E-state index contributed by atoms with van der Waals surface area (Å²) < 4.78 is 9.17. The fraction of sp³-hybridized carbons (Fsp3) is 0.348. The molecule has 1 amide bonds. The Hall–Kier alpha value is -1.84. The fourth-order valence-electron chi connectivity index (χ4n) is 3.38. The normalized spacial score (nSPS) is 10.9. The lowest BCUT2D eigenvalue weighted by molar-refractivity contribution is -0.113. The number of aromatic nitrogens is 3. The van der Waals surface area contributed by atoms with Gasteiger partial charge in [-0.1, -0.05) is 39.8 Å². The molecule has 0 atom stereocenters. The number of carbonyl (C=O) groups is 1. The minimum atomic E-state index is -0.0871. The van der Waals surface area contributed by atoms with Crippen molar-refractivity contribution in [2.45, 2.75) is 44.8 Å². The number of thioether (sulfide) groups is 1. The summed E-state index contributed by atoms with van der Waals surface area (Å²) >= 11 is 8.28. The highest BCUT2D eigenvalue weighted by Crippen LogP contribution is 2.27. The van der Waals surface area contributed by atoms with Gasteiger partial charge in [-0.05, 0) is 78.0 Å². The molecule has 0 aliphatic carbocycles. The van der Waals surface area contributed by atoms with E-state index in [1.165, 1.54) is 17.3 Å².